The van der Waals surface area contributed by atoms with E-state index < -0.39 is 0 Å². The molecule has 0 unspecified atom stereocenters. The van der Waals surface area contributed by atoms with Crippen molar-refractivity contribution in [1.82, 2.24) is 5.43 Å². The zero-order valence-electron chi connectivity index (χ0n) is 16.1. The Morgan fingerprint density at radius 3 is 2.30 bits per heavy atom. The van der Waals surface area contributed by atoms with Crippen LogP contribution in [0.2, 0.25) is 0 Å². The number of aromatic hydroxyl groups is 1. The molecule has 27 heavy (non-hydrogen) atoms. The molecule has 0 saturated heterocycles. The second kappa shape index (κ2) is 8.98. The van der Waals surface area contributed by atoms with Crippen LogP contribution in [-0.2, 0) is 9.59 Å². The van der Waals surface area contributed by atoms with E-state index in [1.165, 1.54) is 6.21 Å². The Labute approximate surface area is 159 Å². The predicted octanol–water partition coefficient (Wildman–Crippen LogP) is 3.49. The summed E-state index contributed by atoms with van der Waals surface area (Å²) in [6, 6.07) is 9.25. The molecule has 0 aliphatic carbocycles. The van der Waals surface area contributed by atoms with Crippen LogP contribution in [0.15, 0.2) is 35.4 Å². The predicted molar refractivity (Wildman–Crippen MR) is 107 cm³/mol. The summed E-state index contributed by atoms with van der Waals surface area (Å²) in [4.78, 5) is 23.9. The summed E-state index contributed by atoms with van der Waals surface area (Å²) in [5.74, 6) is -0.298. The van der Waals surface area contributed by atoms with E-state index in [4.69, 9.17) is 0 Å². The lowest BCUT2D eigenvalue weighted by Gasteiger charge is -2.10. The van der Waals surface area contributed by atoms with E-state index in [1.807, 2.05) is 32.0 Å². The van der Waals surface area contributed by atoms with Gasteiger partial charge in [0.1, 0.15) is 5.75 Å². The van der Waals surface area contributed by atoms with Crippen molar-refractivity contribution in [3.8, 4) is 5.75 Å². The molecule has 2 amide bonds. The molecule has 2 rings (SSSR count). The molecule has 0 radical (unpaired) electrons. The van der Waals surface area contributed by atoms with Gasteiger partial charge in [-0.2, -0.15) is 5.10 Å². The summed E-state index contributed by atoms with van der Waals surface area (Å²) in [5, 5.41) is 16.5. The zero-order valence-corrected chi connectivity index (χ0v) is 16.1. The van der Waals surface area contributed by atoms with Crippen LogP contribution in [0.5, 0.6) is 5.75 Å². The molecule has 0 bridgehead atoms. The van der Waals surface area contributed by atoms with Gasteiger partial charge in [-0.1, -0.05) is 12.1 Å². The van der Waals surface area contributed by atoms with E-state index in [0.29, 0.717) is 0 Å². The van der Waals surface area contributed by atoms with Gasteiger partial charge in [-0.3, -0.25) is 9.59 Å². The fourth-order valence-electron chi connectivity index (χ4n) is 2.62. The van der Waals surface area contributed by atoms with Crippen LogP contribution in [0.4, 0.5) is 5.69 Å². The number of rotatable bonds is 6. The third-order valence-electron chi connectivity index (χ3n) is 4.37. The van der Waals surface area contributed by atoms with Crippen molar-refractivity contribution in [2.75, 3.05) is 5.32 Å². The second-order valence-corrected chi connectivity index (χ2v) is 6.59. The summed E-state index contributed by atoms with van der Waals surface area (Å²) >= 11 is 0. The SMILES string of the molecule is Cc1cccc(NC(=O)CCC(=O)N/N=C/c2cc(C)c(O)c(C)c2)c1C. The van der Waals surface area contributed by atoms with Crippen molar-refractivity contribution in [1.29, 1.82) is 0 Å². The van der Waals surface area contributed by atoms with E-state index in [9.17, 15) is 14.7 Å². The van der Waals surface area contributed by atoms with Crippen molar-refractivity contribution < 1.29 is 14.7 Å². The maximum atomic E-state index is 12.0. The highest BCUT2D eigenvalue weighted by Gasteiger charge is 2.09. The Morgan fingerprint density at radius 1 is 1.00 bits per heavy atom. The maximum Gasteiger partial charge on any atom is 0.240 e. The van der Waals surface area contributed by atoms with Gasteiger partial charge >= 0.3 is 0 Å². The standard InChI is InChI=1S/C21H25N3O3/c1-13-6-5-7-18(16(13)4)23-19(25)8-9-20(26)24-22-12-17-10-14(2)21(27)15(3)11-17/h5-7,10-12,27H,8-9H2,1-4H3,(H,23,25)(H,24,26)/b22-12+. The van der Waals surface area contributed by atoms with Gasteiger partial charge in [-0.25, -0.2) is 5.43 Å². The molecular formula is C21H25N3O3. The average molecular weight is 367 g/mol. The van der Waals surface area contributed by atoms with Gasteiger partial charge in [0.25, 0.3) is 0 Å². The number of phenolic OH excluding ortho intramolecular Hbond substituents is 1. The molecular weight excluding hydrogens is 342 g/mol. The van der Waals surface area contributed by atoms with Gasteiger partial charge in [0.05, 0.1) is 6.21 Å². The number of benzene rings is 2. The summed E-state index contributed by atoms with van der Waals surface area (Å²) < 4.78 is 0. The van der Waals surface area contributed by atoms with Gasteiger partial charge in [-0.15, -0.1) is 0 Å². The minimum absolute atomic E-state index is 0.0433. The summed E-state index contributed by atoms with van der Waals surface area (Å²) in [6.07, 6.45) is 1.63. The number of carbonyl (C=O) groups is 2. The lowest BCUT2D eigenvalue weighted by Crippen LogP contribution is -2.21. The Hall–Kier alpha value is -3.15. The third-order valence-corrected chi connectivity index (χ3v) is 4.37. The Morgan fingerprint density at radius 2 is 1.63 bits per heavy atom. The molecule has 6 nitrogen and oxygen atoms in total. The molecule has 0 atom stereocenters. The van der Waals surface area contributed by atoms with Gasteiger partial charge < -0.3 is 10.4 Å². The highest BCUT2D eigenvalue weighted by molar-refractivity contribution is 5.94. The third kappa shape index (κ3) is 5.67. The Kier molecular flexibility index (Phi) is 6.71. The van der Waals surface area contributed by atoms with Crippen LogP contribution in [0.25, 0.3) is 0 Å². The minimum Gasteiger partial charge on any atom is -0.507 e. The number of hydrazone groups is 1. The molecule has 0 aromatic heterocycles. The summed E-state index contributed by atoms with van der Waals surface area (Å²) in [6.45, 7) is 7.52. The van der Waals surface area contributed by atoms with Crippen LogP contribution >= 0.6 is 0 Å². The Bertz CT molecular complexity index is 865. The molecule has 2 aromatic rings. The number of nitrogens with zero attached hydrogens (tertiary/aromatic N) is 1. The summed E-state index contributed by atoms with van der Waals surface area (Å²) in [7, 11) is 0. The number of hydrogen-bond acceptors (Lipinski definition) is 4. The smallest absolute Gasteiger partial charge is 0.240 e. The molecule has 2 aromatic carbocycles. The quantitative estimate of drug-likeness (QED) is 0.539. The monoisotopic (exact) mass is 367 g/mol. The average Bonchev–Trinajstić information content (AvgIpc) is 2.62. The molecule has 6 heteroatoms. The number of nitrogens with one attached hydrogen (secondary N) is 2. The van der Waals surface area contributed by atoms with E-state index >= 15 is 0 Å². The number of carbonyl (C=O) groups excluding carboxylic acids is 2. The number of anilines is 1. The van der Waals surface area contributed by atoms with Crippen molar-refractivity contribution >= 4 is 23.7 Å². The molecule has 0 heterocycles. The minimum atomic E-state index is -0.338. The molecule has 0 aliphatic heterocycles. The van der Waals surface area contributed by atoms with Crippen LogP contribution in [0.1, 0.15) is 40.7 Å². The topological polar surface area (TPSA) is 90.8 Å². The molecule has 0 saturated carbocycles. The number of aryl methyl sites for hydroxylation is 3. The molecule has 142 valence electrons. The Balaban J connectivity index is 1.82. The fourth-order valence-corrected chi connectivity index (χ4v) is 2.62. The van der Waals surface area contributed by atoms with Crippen LogP contribution in [0, 0.1) is 27.7 Å². The van der Waals surface area contributed by atoms with Crippen molar-refractivity contribution in [2.24, 2.45) is 5.10 Å². The zero-order chi connectivity index (χ0) is 20.0. The van der Waals surface area contributed by atoms with Crippen LogP contribution < -0.4 is 10.7 Å². The number of phenols is 1. The second-order valence-electron chi connectivity index (χ2n) is 6.59. The largest absolute Gasteiger partial charge is 0.507 e. The van der Waals surface area contributed by atoms with Crippen LogP contribution in [0.3, 0.4) is 0 Å². The first-order chi connectivity index (χ1) is 12.8. The molecule has 3 N–H and O–H groups in total. The molecule has 0 spiro atoms. The maximum absolute atomic E-state index is 12.0. The first kappa shape index (κ1) is 20.2. The van der Waals surface area contributed by atoms with Gasteiger partial charge in [-0.05, 0) is 73.7 Å². The first-order valence-electron chi connectivity index (χ1n) is 8.76. The van der Waals surface area contributed by atoms with Crippen molar-refractivity contribution in [2.45, 2.75) is 40.5 Å². The van der Waals surface area contributed by atoms with Crippen LogP contribution in [-0.4, -0.2) is 23.1 Å². The van der Waals surface area contributed by atoms with Gasteiger partial charge in [0.15, 0.2) is 0 Å². The number of hydrogen-bond donors (Lipinski definition) is 3. The van der Waals surface area contributed by atoms with Gasteiger partial charge in [0, 0.05) is 18.5 Å². The van der Waals surface area contributed by atoms with Gasteiger partial charge in [0.2, 0.25) is 11.8 Å². The van der Waals surface area contributed by atoms with Crippen molar-refractivity contribution in [3.05, 3.63) is 58.1 Å². The van der Waals surface area contributed by atoms with Crippen molar-refractivity contribution in [3.63, 3.8) is 0 Å². The lowest BCUT2D eigenvalue weighted by atomic mass is 10.1. The first-order valence-corrected chi connectivity index (χ1v) is 8.76. The van der Waals surface area contributed by atoms with E-state index in [-0.39, 0.29) is 30.4 Å². The highest BCUT2D eigenvalue weighted by Crippen LogP contribution is 2.22. The molecule has 0 fully saturated rings. The molecule has 0 aliphatic rings. The highest BCUT2D eigenvalue weighted by atomic mass is 16.3. The van der Waals surface area contributed by atoms with E-state index in [0.717, 1.165) is 33.5 Å². The summed E-state index contributed by atoms with van der Waals surface area (Å²) in [5.41, 5.74) is 7.54. The van der Waals surface area contributed by atoms with E-state index in [2.05, 4.69) is 15.8 Å². The normalized spacial score (nSPS) is 10.8. The van der Waals surface area contributed by atoms with E-state index in [1.54, 1.807) is 26.0 Å². The fraction of sp³-hybridized carbons (Fsp3) is 0.286. The lowest BCUT2D eigenvalue weighted by molar-refractivity contribution is -0.124. The number of amides is 2.